The van der Waals surface area contributed by atoms with Gasteiger partial charge in [0.05, 0.1) is 4.91 Å². The molecule has 3 aromatic rings. The summed E-state index contributed by atoms with van der Waals surface area (Å²) in [5.41, 5.74) is 2.32. The number of imide groups is 1. The van der Waals surface area contributed by atoms with Crippen molar-refractivity contribution in [2.45, 2.75) is 10.1 Å². The second-order valence-electron chi connectivity index (χ2n) is 6.22. The lowest BCUT2D eigenvalue weighted by Crippen LogP contribution is -2.17. The summed E-state index contributed by atoms with van der Waals surface area (Å²) >= 11 is 7.17. The van der Waals surface area contributed by atoms with Gasteiger partial charge in [0.25, 0.3) is 17.1 Å². The highest BCUT2D eigenvalue weighted by molar-refractivity contribution is 9.10. The lowest BCUT2D eigenvalue weighted by molar-refractivity contribution is -0.115. The smallest absolute Gasteiger partial charge is 0.290 e. The summed E-state index contributed by atoms with van der Waals surface area (Å²) in [5.74, 6) is 0.0321. The van der Waals surface area contributed by atoms with E-state index < -0.39 is 11.1 Å². The number of amides is 3. The highest BCUT2D eigenvalue weighted by atomic mass is 79.9. The molecule has 1 aromatic heterocycles. The Morgan fingerprint density at radius 3 is 2.68 bits per heavy atom. The molecule has 0 bridgehead atoms. The zero-order valence-corrected chi connectivity index (χ0v) is 19.7. The number of hydrogen-bond acceptors (Lipinski definition) is 8. The molecule has 7 nitrogen and oxygen atoms in total. The molecule has 2 aromatic carbocycles. The van der Waals surface area contributed by atoms with Crippen LogP contribution in [0, 0.1) is 0 Å². The van der Waals surface area contributed by atoms with Gasteiger partial charge in [-0.15, -0.1) is 10.2 Å². The topological polar surface area (TPSA) is 101 Å². The largest absolute Gasteiger partial charge is 0.296 e. The second kappa shape index (κ2) is 9.77. The number of carbonyl (C=O) groups is 3. The van der Waals surface area contributed by atoms with Crippen molar-refractivity contribution >= 4 is 79.1 Å². The lowest BCUT2D eigenvalue weighted by Gasteiger charge is -2.02. The molecule has 1 aliphatic heterocycles. The van der Waals surface area contributed by atoms with Gasteiger partial charge >= 0.3 is 0 Å². The Balaban J connectivity index is 1.35. The maximum atomic E-state index is 12.5. The van der Waals surface area contributed by atoms with Crippen molar-refractivity contribution in [3.05, 3.63) is 74.6 Å². The molecule has 3 amide bonds. The Labute approximate surface area is 198 Å². The predicted molar refractivity (Wildman–Crippen MR) is 127 cm³/mol. The Morgan fingerprint density at radius 2 is 1.97 bits per heavy atom. The molecule has 0 aliphatic carbocycles. The SMILES string of the molecule is O=C1NC(=O)/C(=C\c2ccc(C(=O)Nc3nnc(SCc4cccc(Br)c4)s3)cc2)S1. The molecule has 0 unspecified atom stereocenters. The molecule has 31 heavy (non-hydrogen) atoms. The predicted octanol–water partition coefficient (Wildman–Crippen LogP) is 5.17. The second-order valence-corrected chi connectivity index (χ2v) is 10.4. The zero-order chi connectivity index (χ0) is 21.8. The van der Waals surface area contributed by atoms with Gasteiger partial charge in [-0.3, -0.25) is 25.0 Å². The van der Waals surface area contributed by atoms with Crippen molar-refractivity contribution in [3.8, 4) is 0 Å². The van der Waals surface area contributed by atoms with Crippen LogP contribution in [0.1, 0.15) is 21.5 Å². The van der Waals surface area contributed by atoms with Gasteiger partial charge in [-0.2, -0.15) is 0 Å². The van der Waals surface area contributed by atoms with Crippen LogP contribution >= 0.6 is 50.8 Å². The van der Waals surface area contributed by atoms with Crippen molar-refractivity contribution < 1.29 is 14.4 Å². The number of aromatic nitrogens is 2. The highest BCUT2D eigenvalue weighted by Gasteiger charge is 2.24. The molecule has 11 heteroatoms. The van der Waals surface area contributed by atoms with Crippen LogP contribution in [0.4, 0.5) is 9.93 Å². The number of hydrogen-bond donors (Lipinski definition) is 2. The zero-order valence-electron chi connectivity index (χ0n) is 15.6. The molecule has 0 spiro atoms. The van der Waals surface area contributed by atoms with Crippen molar-refractivity contribution in [1.82, 2.24) is 15.5 Å². The molecule has 156 valence electrons. The summed E-state index contributed by atoms with van der Waals surface area (Å²) < 4.78 is 1.79. The molecule has 0 radical (unpaired) electrons. The number of nitrogens with zero attached hydrogens (tertiary/aromatic N) is 2. The Hall–Kier alpha value is -2.47. The van der Waals surface area contributed by atoms with Crippen LogP contribution in [0.3, 0.4) is 0 Å². The average molecular weight is 533 g/mol. The fourth-order valence-electron chi connectivity index (χ4n) is 2.56. The molecule has 1 saturated heterocycles. The van der Waals surface area contributed by atoms with Crippen molar-refractivity contribution in [2.24, 2.45) is 0 Å². The number of carbonyl (C=O) groups excluding carboxylic acids is 3. The van der Waals surface area contributed by atoms with Gasteiger partial charge in [-0.1, -0.05) is 63.3 Å². The van der Waals surface area contributed by atoms with E-state index in [-0.39, 0.29) is 5.91 Å². The Kier molecular flexibility index (Phi) is 6.86. The van der Waals surface area contributed by atoms with Crippen molar-refractivity contribution in [1.29, 1.82) is 0 Å². The maximum absolute atomic E-state index is 12.5. The number of nitrogens with one attached hydrogen (secondary N) is 2. The van der Waals surface area contributed by atoms with Gasteiger partial charge in [0.2, 0.25) is 5.13 Å². The van der Waals surface area contributed by atoms with Crippen molar-refractivity contribution in [3.63, 3.8) is 0 Å². The van der Waals surface area contributed by atoms with Gasteiger partial charge < -0.3 is 0 Å². The van der Waals surface area contributed by atoms with Crippen LogP contribution in [0.5, 0.6) is 0 Å². The first-order chi connectivity index (χ1) is 15.0. The normalized spacial score (nSPS) is 14.7. The molecule has 1 fully saturated rings. The summed E-state index contributed by atoms with van der Waals surface area (Å²) in [4.78, 5) is 35.6. The van der Waals surface area contributed by atoms with Crippen LogP contribution in [-0.2, 0) is 10.5 Å². The van der Waals surface area contributed by atoms with Crippen LogP contribution in [0.2, 0.25) is 0 Å². The van der Waals surface area contributed by atoms with Gasteiger partial charge in [-0.05, 0) is 53.2 Å². The van der Waals surface area contributed by atoms with E-state index in [9.17, 15) is 14.4 Å². The van der Waals surface area contributed by atoms with Gasteiger partial charge in [0, 0.05) is 15.8 Å². The van der Waals surface area contributed by atoms with E-state index in [0.717, 1.165) is 31.9 Å². The van der Waals surface area contributed by atoms with Gasteiger partial charge in [0.15, 0.2) is 4.34 Å². The molecule has 4 rings (SSSR count). The quantitative estimate of drug-likeness (QED) is 0.256. The third kappa shape index (κ3) is 5.82. The van der Waals surface area contributed by atoms with Gasteiger partial charge in [-0.25, -0.2) is 0 Å². The molecule has 0 atom stereocenters. The summed E-state index contributed by atoms with van der Waals surface area (Å²) in [6.45, 7) is 0. The summed E-state index contributed by atoms with van der Waals surface area (Å²) in [5, 5.41) is 13.1. The first kappa shape index (κ1) is 21.8. The minimum absolute atomic E-state index is 0.304. The Morgan fingerprint density at radius 1 is 1.16 bits per heavy atom. The number of benzene rings is 2. The standard InChI is InChI=1S/C20H13BrN4O3S3/c21-14-3-1-2-12(8-14)10-29-20-25-24-18(31-20)22-16(26)13-6-4-11(5-7-13)9-15-17(27)23-19(28)30-15/h1-9H,10H2,(H,22,24,26)(H,23,27,28)/b15-9+. The fourth-order valence-corrected chi connectivity index (χ4v) is 5.38. The van der Waals surface area contributed by atoms with Crippen LogP contribution in [0.25, 0.3) is 6.08 Å². The number of thioether (sulfide) groups is 2. The highest BCUT2D eigenvalue weighted by Crippen LogP contribution is 2.29. The Bertz CT molecular complexity index is 1190. The lowest BCUT2D eigenvalue weighted by atomic mass is 10.1. The maximum Gasteiger partial charge on any atom is 0.290 e. The van der Waals surface area contributed by atoms with E-state index in [0.29, 0.717) is 21.2 Å². The first-order valence-electron chi connectivity index (χ1n) is 8.83. The third-order valence-corrected chi connectivity index (χ3v) is 7.34. The molecule has 2 heterocycles. The van der Waals surface area contributed by atoms with E-state index in [1.54, 1.807) is 42.1 Å². The third-order valence-electron chi connectivity index (χ3n) is 3.99. The number of halogens is 1. The fraction of sp³-hybridized carbons (Fsp3) is 0.0500. The van der Waals surface area contributed by atoms with E-state index >= 15 is 0 Å². The summed E-state index contributed by atoms with van der Waals surface area (Å²) in [6.07, 6.45) is 1.60. The first-order valence-corrected chi connectivity index (χ1v) is 12.2. The van der Waals surface area contributed by atoms with E-state index in [1.165, 1.54) is 11.3 Å². The minimum Gasteiger partial charge on any atom is -0.296 e. The molecule has 1 aliphatic rings. The van der Waals surface area contributed by atoms with Crippen LogP contribution < -0.4 is 10.6 Å². The van der Waals surface area contributed by atoms with E-state index in [4.69, 9.17) is 0 Å². The summed E-state index contributed by atoms with van der Waals surface area (Å²) in [7, 11) is 0. The van der Waals surface area contributed by atoms with Crippen molar-refractivity contribution in [2.75, 3.05) is 5.32 Å². The molecule has 0 saturated carbocycles. The molecular formula is C20H13BrN4O3S3. The number of anilines is 1. The number of rotatable bonds is 6. The van der Waals surface area contributed by atoms with E-state index in [1.807, 2.05) is 24.3 Å². The van der Waals surface area contributed by atoms with E-state index in [2.05, 4.69) is 36.8 Å². The van der Waals surface area contributed by atoms with Crippen LogP contribution in [0.15, 0.2) is 62.2 Å². The van der Waals surface area contributed by atoms with Crippen LogP contribution in [-0.4, -0.2) is 27.3 Å². The average Bonchev–Trinajstić information content (AvgIpc) is 3.32. The van der Waals surface area contributed by atoms with Gasteiger partial charge in [0.1, 0.15) is 0 Å². The molecular weight excluding hydrogens is 520 g/mol. The minimum atomic E-state index is -0.415. The summed E-state index contributed by atoms with van der Waals surface area (Å²) in [6, 6.07) is 14.7. The monoisotopic (exact) mass is 532 g/mol. The molecule has 2 N–H and O–H groups in total.